The van der Waals surface area contributed by atoms with Gasteiger partial charge in [-0.15, -0.1) is 17.9 Å². The lowest BCUT2D eigenvalue weighted by atomic mass is 10.1. The summed E-state index contributed by atoms with van der Waals surface area (Å²) in [6, 6.07) is 12.5. The molecule has 2 aromatic carbocycles. The largest absolute Gasteiger partial charge is 0.288 e. The number of thiazole rings is 1. The van der Waals surface area contributed by atoms with Gasteiger partial charge in [0.2, 0.25) is 4.80 Å². The molecule has 0 saturated carbocycles. The SMILES string of the molecule is C=CCN=c1scc(-c2ccc(Br)cc2)n1N=C(C)c1ccc(Cl)c([N+](=O)[O-])c1. The monoisotopic (exact) mass is 490 g/mol. The van der Waals surface area contributed by atoms with Gasteiger partial charge in [0.1, 0.15) is 5.02 Å². The molecule has 0 aliphatic carbocycles. The third-order valence-electron chi connectivity index (χ3n) is 3.99. The molecule has 3 rings (SSSR count). The Balaban J connectivity index is 2.14. The highest BCUT2D eigenvalue weighted by molar-refractivity contribution is 9.10. The van der Waals surface area contributed by atoms with Crippen molar-refractivity contribution in [2.24, 2.45) is 10.1 Å². The van der Waals surface area contributed by atoms with Gasteiger partial charge in [0.15, 0.2) is 0 Å². The minimum Gasteiger partial charge on any atom is -0.258 e. The summed E-state index contributed by atoms with van der Waals surface area (Å²) in [6.07, 6.45) is 1.71. The Hall–Kier alpha value is -2.55. The molecule has 0 aliphatic rings. The van der Waals surface area contributed by atoms with E-state index in [0.29, 0.717) is 22.6 Å². The number of nitro benzene ring substituents is 1. The Morgan fingerprint density at radius 2 is 2.07 bits per heavy atom. The molecular weight excluding hydrogens is 476 g/mol. The molecule has 1 heterocycles. The van der Waals surface area contributed by atoms with Crippen molar-refractivity contribution in [3.63, 3.8) is 0 Å². The third kappa shape index (κ3) is 4.90. The predicted molar refractivity (Wildman–Crippen MR) is 122 cm³/mol. The van der Waals surface area contributed by atoms with Gasteiger partial charge in [-0.25, -0.2) is 4.68 Å². The highest BCUT2D eigenvalue weighted by Gasteiger charge is 2.15. The first-order valence-electron chi connectivity index (χ1n) is 8.48. The van der Waals surface area contributed by atoms with Crippen molar-refractivity contribution in [2.45, 2.75) is 6.92 Å². The maximum atomic E-state index is 11.2. The maximum Gasteiger partial charge on any atom is 0.288 e. The van der Waals surface area contributed by atoms with Gasteiger partial charge < -0.3 is 0 Å². The topological polar surface area (TPSA) is 72.8 Å². The molecule has 148 valence electrons. The summed E-state index contributed by atoms with van der Waals surface area (Å²) in [7, 11) is 0. The van der Waals surface area contributed by atoms with Gasteiger partial charge in [0, 0.05) is 27.0 Å². The van der Waals surface area contributed by atoms with Gasteiger partial charge in [0.25, 0.3) is 5.69 Å². The molecule has 0 bridgehead atoms. The zero-order valence-corrected chi connectivity index (χ0v) is 18.5. The van der Waals surface area contributed by atoms with Crippen molar-refractivity contribution < 1.29 is 4.92 Å². The average Bonchev–Trinajstić information content (AvgIpc) is 3.09. The Bertz CT molecular complexity index is 1170. The molecule has 9 heteroatoms. The van der Waals surface area contributed by atoms with Gasteiger partial charge >= 0.3 is 0 Å². The molecule has 1 aromatic heterocycles. The second-order valence-corrected chi connectivity index (χ2v) is 8.12. The van der Waals surface area contributed by atoms with Crippen LogP contribution >= 0.6 is 38.9 Å². The van der Waals surface area contributed by atoms with E-state index in [1.807, 2.05) is 29.6 Å². The van der Waals surface area contributed by atoms with Crippen molar-refractivity contribution in [3.05, 3.63) is 90.5 Å². The number of halogens is 2. The Kier molecular flexibility index (Phi) is 6.79. The number of aromatic nitrogens is 1. The van der Waals surface area contributed by atoms with Crippen LogP contribution in [0.2, 0.25) is 5.02 Å². The lowest BCUT2D eigenvalue weighted by molar-refractivity contribution is -0.384. The molecule has 3 aromatic rings. The molecule has 0 spiro atoms. The molecule has 6 nitrogen and oxygen atoms in total. The lowest BCUT2D eigenvalue weighted by Gasteiger charge is -2.07. The van der Waals surface area contributed by atoms with E-state index in [2.05, 4.69) is 27.5 Å². The fourth-order valence-electron chi connectivity index (χ4n) is 2.55. The Morgan fingerprint density at radius 3 is 2.72 bits per heavy atom. The summed E-state index contributed by atoms with van der Waals surface area (Å²) in [6.45, 7) is 5.96. The molecule has 0 saturated heterocycles. The van der Waals surface area contributed by atoms with Crippen LogP contribution in [-0.2, 0) is 0 Å². The van der Waals surface area contributed by atoms with Crippen molar-refractivity contribution >= 4 is 50.3 Å². The number of nitro groups is 1. The van der Waals surface area contributed by atoms with E-state index in [1.54, 1.807) is 23.7 Å². The maximum absolute atomic E-state index is 11.2. The molecule has 0 atom stereocenters. The second-order valence-electron chi connectivity index (χ2n) is 5.96. The predicted octanol–water partition coefficient (Wildman–Crippen LogP) is 5.90. The minimum atomic E-state index is -0.505. The summed E-state index contributed by atoms with van der Waals surface area (Å²) in [5.74, 6) is 0. The smallest absolute Gasteiger partial charge is 0.258 e. The molecule has 29 heavy (non-hydrogen) atoms. The van der Waals surface area contributed by atoms with Crippen molar-refractivity contribution in [1.82, 2.24) is 4.68 Å². The van der Waals surface area contributed by atoms with Crippen LogP contribution in [0.15, 0.2) is 75.1 Å². The van der Waals surface area contributed by atoms with Crippen LogP contribution in [0.25, 0.3) is 11.3 Å². The summed E-state index contributed by atoms with van der Waals surface area (Å²) in [5.41, 5.74) is 2.90. The van der Waals surface area contributed by atoms with E-state index in [1.165, 1.54) is 23.5 Å². The Labute approximate surface area is 184 Å². The van der Waals surface area contributed by atoms with Gasteiger partial charge in [0.05, 0.1) is 22.9 Å². The first-order valence-corrected chi connectivity index (χ1v) is 10.5. The molecule has 0 aliphatic heterocycles. The van der Waals surface area contributed by atoms with Gasteiger partial charge in [-0.2, -0.15) is 5.10 Å². The van der Waals surface area contributed by atoms with Crippen LogP contribution < -0.4 is 4.80 Å². The molecule has 0 radical (unpaired) electrons. The van der Waals surface area contributed by atoms with E-state index >= 15 is 0 Å². The first-order chi connectivity index (χ1) is 13.9. The standard InChI is InChI=1S/C20H16BrClN4O2S/c1-3-10-23-20-25(19(12-29-20)14-4-7-16(21)8-5-14)24-13(2)15-6-9-17(22)18(11-15)26(27)28/h3-9,11-12H,1,10H2,2H3. The third-order valence-corrected chi connectivity index (χ3v) is 5.69. The summed E-state index contributed by atoms with van der Waals surface area (Å²) >= 11 is 10.8. The second kappa shape index (κ2) is 9.30. The minimum absolute atomic E-state index is 0.0898. The highest BCUT2D eigenvalue weighted by Crippen LogP contribution is 2.26. The highest BCUT2D eigenvalue weighted by atomic mass is 79.9. The van der Waals surface area contributed by atoms with Crippen LogP contribution in [-0.4, -0.2) is 21.9 Å². The van der Waals surface area contributed by atoms with Crippen molar-refractivity contribution in [1.29, 1.82) is 0 Å². The summed E-state index contributed by atoms with van der Waals surface area (Å²) in [5, 5.41) is 18.0. The molecule has 0 fully saturated rings. The molecule has 0 N–H and O–H groups in total. The number of hydrogen-bond acceptors (Lipinski definition) is 5. The summed E-state index contributed by atoms with van der Waals surface area (Å²) in [4.78, 5) is 15.9. The van der Waals surface area contributed by atoms with Crippen LogP contribution in [0.1, 0.15) is 12.5 Å². The average molecular weight is 492 g/mol. The number of hydrogen-bond donors (Lipinski definition) is 0. The van der Waals surface area contributed by atoms with Gasteiger partial charge in [-0.1, -0.05) is 51.8 Å². The van der Waals surface area contributed by atoms with Crippen molar-refractivity contribution in [3.8, 4) is 11.3 Å². The lowest BCUT2D eigenvalue weighted by Crippen LogP contribution is -2.14. The summed E-state index contributed by atoms with van der Waals surface area (Å²) < 4.78 is 2.72. The molecular formula is C20H16BrClN4O2S. The van der Waals surface area contributed by atoms with Crippen LogP contribution in [0.5, 0.6) is 0 Å². The van der Waals surface area contributed by atoms with E-state index in [4.69, 9.17) is 16.7 Å². The number of nitrogens with zero attached hydrogens (tertiary/aromatic N) is 4. The quantitative estimate of drug-likeness (QED) is 0.186. The van der Waals surface area contributed by atoms with Crippen LogP contribution in [0.3, 0.4) is 0 Å². The van der Waals surface area contributed by atoms with E-state index in [-0.39, 0.29) is 10.7 Å². The van der Waals surface area contributed by atoms with Crippen LogP contribution in [0.4, 0.5) is 5.69 Å². The zero-order chi connectivity index (χ0) is 21.0. The van der Waals surface area contributed by atoms with Crippen molar-refractivity contribution in [2.75, 3.05) is 6.54 Å². The van der Waals surface area contributed by atoms with Gasteiger partial charge in [-0.3, -0.25) is 15.1 Å². The van der Waals surface area contributed by atoms with E-state index in [0.717, 1.165) is 15.7 Å². The number of benzene rings is 2. The van der Waals surface area contributed by atoms with E-state index in [9.17, 15) is 10.1 Å². The zero-order valence-electron chi connectivity index (χ0n) is 15.4. The van der Waals surface area contributed by atoms with Gasteiger partial charge in [-0.05, 0) is 25.1 Å². The first kappa shape index (κ1) is 21.2. The number of rotatable bonds is 6. The fourth-order valence-corrected chi connectivity index (χ4v) is 3.84. The molecule has 0 unspecified atom stereocenters. The van der Waals surface area contributed by atoms with E-state index < -0.39 is 4.92 Å². The fraction of sp³-hybridized carbons (Fsp3) is 0.100. The normalized spacial score (nSPS) is 12.2. The molecule has 0 amide bonds. The van der Waals surface area contributed by atoms with Crippen LogP contribution in [0, 0.1) is 10.1 Å². The Morgan fingerprint density at radius 1 is 1.34 bits per heavy atom.